The number of nitrogens with one attached hydrogen (secondary N) is 2. The van der Waals surface area contributed by atoms with Crippen molar-refractivity contribution >= 4 is 23.4 Å². The van der Waals surface area contributed by atoms with E-state index in [0.717, 1.165) is 6.42 Å². The van der Waals surface area contributed by atoms with Gasteiger partial charge < -0.3 is 20.6 Å². The Hall–Kier alpha value is -2.57. The average Bonchev–Trinajstić information content (AvgIpc) is 2.94. The smallest absolute Gasteiger partial charge is 0.257 e. The van der Waals surface area contributed by atoms with E-state index in [9.17, 15) is 19.5 Å². The van der Waals surface area contributed by atoms with Gasteiger partial charge in [0.05, 0.1) is 5.56 Å². The van der Waals surface area contributed by atoms with E-state index in [1.54, 1.807) is 18.0 Å². The van der Waals surface area contributed by atoms with E-state index < -0.39 is 0 Å². The Morgan fingerprint density at radius 1 is 1.35 bits per heavy atom. The maximum absolute atomic E-state index is 12.5. The second-order valence-corrected chi connectivity index (χ2v) is 5.70. The molecule has 124 valence electrons. The van der Waals surface area contributed by atoms with Crippen LogP contribution in [0.5, 0.6) is 5.75 Å². The van der Waals surface area contributed by atoms with Crippen LogP contribution in [-0.4, -0.2) is 47.9 Å². The van der Waals surface area contributed by atoms with Crippen molar-refractivity contribution in [3.05, 3.63) is 23.8 Å². The van der Waals surface area contributed by atoms with Crippen molar-refractivity contribution < 1.29 is 19.5 Å². The van der Waals surface area contributed by atoms with Gasteiger partial charge in [0, 0.05) is 45.2 Å². The van der Waals surface area contributed by atoms with Crippen molar-refractivity contribution in [1.82, 2.24) is 10.2 Å². The number of rotatable bonds is 4. The number of benzene rings is 1. The summed E-state index contributed by atoms with van der Waals surface area (Å²) in [7, 11) is 1.59. The molecule has 7 nitrogen and oxygen atoms in total. The fourth-order valence-corrected chi connectivity index (χ4v) is 2.71. The van der Waals surface area contributed by atoms with E-state index in [2.05, 4.69) is 10.6 Å². The van der Waals surface area contributed by atoms with Crippen LogP contribution in [0.1, 0.15) is 30.1 Å². The van der Waals surface area contributed by atoms with Crippen LogP contribution < -0.4 is 10.6 Å². The van der Waals surface area contributed by atoms with Crippen molar-refractivity contribution in [1.29, 1.82) is 0 Å². The number of anilines is 1. The van der Waals surface area contributed by atoms with E-state index in [-0.39, 0.29) is 35.0 Å². The van der Waals surface area contributed by atoms with Crippen LogP contribution in [-0.2, 0) is 9.59 Å². The largest absolute Gasteiger partial charge is 0.507 e. The van der Waals surface area contributed by atoms with Crippen LogP contribution in [0.3, 0.4) is 0 Å². The molecule has 0 aromatic heterocycles. The first kappa shape index (κ1) is 16.8. The number of amides is 3. The molecular weight excluding hydrogens is 298 g/mol. The summed E-state index contributed by atoms with van der Waals surface area (Å²) in [5.74, 6) is -0.584. The summed E-state index contributed by atoms with van der Waals surface area (Å²) in [5.41, 5.74) is 0.630. The number of phenols is 1. The van der Waals surface area contributed by atoms with Crippen molar-refractivity contribution in [3.63, 3.8) is 0 Å². The summed E-state index contributed by atoms with van der Waals surface area (Å²) >= 11 is 0. The Balaban J connectivity index is 2.03. The zero-order valence-electron chi connectivity index (χ0n) is 13.3. The Kier molecular flexibility index (Phi) is 5.20. The lowest BCUT2D eigenvalue weighted by molar-refractivity contribution is -0.121. The highest BCUT2D eigenvalue weighted by molar-refractivity contribution is 5.98. The van der Waals surface area contributed by atoms with Crippen molar-refractivity contribution in [2.45, 2.75) is 19.8 Å². The van der Waals surface area contributed by atoms with Crippen molar-refractivity contribution in [2.75, 3.05) is 25.5 Å². The third-order valence-corrected chi connectivity index (χ3v) is 3.87. The quantitative estimate of drug-likeness (QED) is 0.769. The number of phenolic OH excluding ortho intramolecular Hbond substituents is 1. The van der Waals surface area contributed by atoms with Gasteiger partial charge >= 0.3 is 0 Å². The third kappa shape index (κ3) is 4.21. The Bertz CT molecular complexity index is 630. The highest BCUT2D eigenvalue weighted by Crippen LogP contribution is 2.27. The molecule has 1 fully saturated rings. The molecule has 1 aromatic carbocycles. The molecule has 1 heterocycles. The highest BCUT2D eigenvalue weighted by Gasteiger charge is 2.29. The second-order valence-electron chi connectivity index (χ2n) is 5.70. The molecule has 1 aliphatic rings. The van der Waals surface area contributed by atoms with Gasteiger partial charge in [-0.05, 0) is 24.5 Å². The van der Waals surface area contributed by atoms with Gasteiger partial charge in [0.1, 0.15) is 5.75 Å². The first-order valence-electron chi connectivity index (χ1n) is 7.51. The minimum atomic E-state index is -0.267. The first-order chi connectivity index (χ1) is 10.9. The number of hydrogen-bond donors (Lipinski definition) is 3. The normalized spacial score (nSPS) is 17.0. The van der Waals surface area contributed by atoms with Crippen LogP contribution in [0.25, 0.3) is 0 Å². The monoisotopic (exact) mass is 319 g/mol. The zero-order valence-corrected chi connectivity index (χ0v) is 13.3. The zero-order chi connectivity index (χ0) is 17.0. The Labute approximate surface area is 134 Å². The Morgan fingerprint density at radius 3 is 2.70 bits per heavy atom. The number of carbonyl (C=O) groups excluding carboxylic acids is 3. The number of carbonyl (C=O) groups is 3. The molecule has 0 radical (unpaired) electrons. The molecule has 0 spiro atoms. The number of aromatic hydroxyl groups is 1. The van der Waals surface area contributed by atoms with Gasteiger partial charge in [0.15, 0.2) is 0 Å². The fourth-order valence-electron chi connectivity index (χ4n) is 2.71. The van der Waals surface area contributed by atoms with E-state index in [0.29, 0.717) is 25.2 Å². The van der Waals surface area contributed by atoms with Gasteiger partial charge in [-0.2, -0.15) is 0 Å². The minimum Gasteiger partial charge on any atom is -0.507 e. The van der Waals surface area contributed by atoms with Crippen LogP contribution >= 0.6 is 0 Å². The minimum absolute atomic E-state index is 0.0354. The maximum atomic E-state index is 12.5. The van der Waals surface area contributed by atoms with E-state index in [1.807, 2.05) is 0 Å². The lowest BCUT2D eigenvalue weighted by Gasteiger charge is -2.17. The standard InChI is InChI=1S/C16H21N3O4/c1-10(20)18-12-3-4-13(14(21)8-12)16(23)19-6-5-11(9-19)7-15(22)17-2/h3-4,8,11,21H,5-7,9H2,1-2H3,(H,17,22)(H,18,20). The van der Waals surface area contributed by atoms with Crippen LogP contribution in [0.2, 0.25) is 0 Å². The molecule has 3 amide bonds. The predicted molar refractivity (Wildman–Crippen MR) is 85.1 cm³/mol. The molecule has 23 heavy (non-hydrogen) atoms. The maximum Gasteiger partial charge on any atom is 0.257 e. The summed E-state index contributed by atoms with van der Waals surface area (Å²) in [4.78, 5) is 36.5. The molecule has 0 aliphatic carbocycles. The molecule has 1 unspecified atom stereocenters. The number of nitrogens with zero attached hydrogens (tertiary/aromatic N) is 1. The van der Waals surface area contributed by atoms with Crippen molar-refractivity contribution in [3.8, 4) is 5.75 Å². The highest BCUT2D eigenvalue weighted by atomic mass is 16.3. The Morgan fingerprint density at radius 2 is 2.09 bits per heavy atom. The summed E-state index contributed by atoms with van der Waals surface area (Å²) in [5, 5.41) is 15.2. The van der Waals surface area contributed by atoms with Crippen LogP contribution in [0.4, 0.5) is 5.69 Å². The van der Waals surface area contributed by atoms with Gasteiger partial charge in [-0.25, -0.2) is 0 Å². The molecule has 1 aliphatic heterocycles. The summed E-state index contributed by atoms with van der Waals surface area (Å²) < 4.78 is 0. The van der Waals surface area contributed by atoms with E-state index in [4.69, 9.17) is 0 Å². The van der Waals surface area contributed by atoms with Gasteiger partial charge in [-0.1, -0.05) is 0 Å². The molecule has 1 aromatic rings. The van der Waals surface area contributed by atoms with E-state index in [1.165, 1.54) is 19.1 Å². The molecule has 1 saturated heterocycles. The van der Waals surface area contributed by atoms with Gasteiger partial charge in [-0.15, -0.1) is 0 Å². The molecule has 7 heteroatoms. The molecule has 0 bridgehead atoms. The second kappa shape index (κ2) is 7.13. The third-order valence-electron chi connectivity index (χ3n) is 3.87. The molecule has 2 rings (SSSR count). The number of likely N-dealkylation sites (tertiary alicyclic amines) is 1. The number of hydrogen-bond acceptors (Lipinski definition) is 4. The first-order valence-corrected chi connectivity index (χ1v) is 7.51. The molecule has 0 saturated carbocycles. The van der Waals surface area contributed by atoms with Gasteiger partial charge in [-0.3, -0.25) is 14.4 Å². The fraction of sp³-hybridized carbons (Fsp3) is 0.438. The molecule has 1 atom stereocenters. The summed E-state index contributed by atoms with van der Waals surface area (Å²) in [6.07, 6.45) is 1.16. The lowest BCUT2D eigenvalue weighted by atomic mass is 10.0. The van der Waals surface area contributed by atoms with E-state index >= 15 is 0 Å². The average molecular weight is 319 g/mol. The SMILES string of the molecule is CNC(=O)CC1CCN(C(=O)c2ccc(NC(C)=O)cc2O)C1. The van der Waals surface area contributed by atoms with Crippen LogP contribution in [0, 0.1) is 5.92 Å². The topological polar surface area (TPSA) is 98.7 Å². The lowest BCUT2D eigenvalue weighted by Crippen LogP contribution is -2.29. The predicted octanol–water partition coefficient (Wildman–Crippen LogP) is 0.949. The molecule has 3 N–H and O–H groups in total. The van der Waals surface area contributed by atoms with Gasteiger partial charge in [0.2, 0.25) is 11.8 Å². The van der Waals surface area contributed by atoms with Gasteiger partial charge in [0.25, 0.3) is 5.91 Å². The van der Waals surface area contributed by atoms with Crippen molar-refractivity contribution in [2.24, 2.45) is 5.92 Å². The van der Waals surface area contributed by atoms with Crippen LogP contribution in [0.15, 0.2) is 18.2 Å². The molecular formula is C16H21N3O4. The summed E-state index contributed by atoms with van der Waals surface area (Å²) in [6.45, 7) is 2.43. The summed E-state index contributed by atoms with van der Waals surface area (Å²) in [6, 6.07) is 4.42.